The molecule has 2 atom stereocenters. The van der Waals surface area contributed by atoms with Crippen LogP contribution in [-0.4, -0.2) is 17.9 Å². The van der Waals surface area contributed by atoms with Crippen LogP contribution in [0, 0.1) is 11.3 Å². The minimum Gasteiger partial charge on any atom is -0.396 e. The van der Waals surface area contributed by atoms with Crippen LogP contribution < -0.4 is 0 Å². The van der Waals surface area contributed by atoms with Crippen molar-refractivity contribution in [3.63, 3.8) is 0 Å². The molecule has 1 fully saturated rings. The third-order valence-corrected chi connectivity index (χ3v) is 2.97. The zero-order chi connectivity index (χ0) is 10.1. The molecule has 1 aliphatic carbocycles. The van der Waals surface area contributed by atoms with E-state index in [9.17, 15) is 13.2 Å². The number of aliphatic hydroxyl groups is 1. The van der Waals surface area contributed by atoms with Gasteiger partial charge >= 0.3 is 6.18 Å². The second kappa shape index (κ2) is 3.48. The quantitative estimate of drug-likeness (QED) is 0.733. The van der Waals surface area contributed by atoms with E-state index in [1.54, 1.807) is 0 Å². The summed E-state index contributed by atoms with van der Waals surface area (Å²) in [4.78, 5) is 0. The van der Waals surface area contributed by atoms with Crippen LogP contribution in [0.5, 0.6) is 0 Å². The minimum absolute atomic E-state index is 0.0139. The Morgan fingerprint density at radius 1 is 1.46 bits per heavy atom. The van der Waals surface area contributed by atoms with Gasteiger partial charge in [0.25, 0.3) is 0 Å². The maximum Gasteiger partial charge on any atom is 0.389 e. The van der Waals surface area contributed by atoms with Crippen LogP contribution in [0.1, 0.15) is 32.6 Å². The number of alkyl halides is 3. The van der Waals surface area contributed by atoms with Crippen molar-refractivity contribution in [2.75, 3.05) is 6.61 Å². The first-order valence-corrected chi connectivity index (χ1v) is 4.55. The summed E-state index contributed by atoms with van der Waals surface area (Å²) in [6, 6.07) is 0. The summed E-state index contributed by atoms with van der Waals surface area (Å²) in [6.07, 6.45) is -3.07. The highest BCUT2D eigenvalue weighted by molar-refractivity contribution is 4.97. The molecule has 0 aromatic rings. The summed E-state index contributed by atoms with van der Waals surface area (Å²) in [5.74, 6) is 0.237. The molecule has 1 nitrogen and oxygen atoms in total. The second-order valence-corrected chi connectivity index (χ2v) is 4.21. The van der Waals surface area contributed by atoms with Crippen LogP contribution in [0.25, 0.3) is 0 Å². The van der Waals surface area contributed by atoms with Crippen molar-refractivity contribution >= 4 is 0 Å². The Morgan fingerprint density at radius 3 is 2.46 bits per heavy atom. The van der Waals surface area contributed by atoms with Gasteiger partial charge in [0.15, 0.2) is 0 Å². The van der Waals surface area contributed by atoms with Crippen LogP contribution in [0.15, 0.2) is 0 Å². The van der Waals surface area contributed by atoms with Crippen molar-refractivity contribution in [3.05, 3.63) is 0 Å². The first kappa shape index (κ1) is 10.8. The first-order valence-electron chi connectivity index (χ1n) is 4.55. The molecule has 0 radical (unpaired) electrons. The molecule has 0 amide bonds. The van der Waals surface area contributed by atoms with Crippen molar-refractivity contribution in [2.24, 2.45) is 11.3 Å². The Kier molecular flexibility index (Phi) is 2.90. The van der Waals surface area contributed by atoms with Gasteiger partial charge in [0.05, 0.1) is 0 Å². The third kappa shape index (κ3) is 3.18. The van der Waals surface area contributed by atoms with Gasteiger partial charge in [-0.2, -0.15) is 13.2 Å². The Bertz CT molecular complexity index is 178. The van der Waals surface area contributed by atoms with Crippen LogP contribution >= 0.6 is 0 Å². The Hall–Kier alpha value is -0.250. The molecule has 78 valence electrons. The molecule has 2 unspecified atom stereocenters. The molecule has 1 saturated carbocycles. The van der Waals surface area contributed by atoms with E-state index in [2.05, 4.69) is 0 Å². The number of halogens is 3. The number of hydrogen-bond donors (Lipinski definition) is 1. The van der Waals surface area contributed by atoms with E-state index in [1.165, 1.54) is 0 Å². The van der Waals surface area contributed by atoms with Crippen LogP contribution in [0.2, 0.25) is 0 Å². The van der Waals surface area contributed by atoms with E-state index in [0.717, 1.165) is 6.42 Å². The molecule has 4 heteroatoms. The van der Waals surface area contributed by atoms with Crippen molar-refractivity contribution in [2.45, 2.75) is 38.8 Å². The molecule has 1 rings (SSSR count). The fraction of sp³-hybridized carbons (Fsp3) is 1.00. The Balaban J connectivity index is 2.14. The smallest absolute Gasteiger partial charge is 0.389 e. The summed E-state index contributed by atoms with van der Waals surface area (Å²) >= 11 is 0. The standard InChI is InChI=1S/C9H15F3O/c1-8(5-7(8)6-13)3-2-4-9(10,11)12/h7,13H,2-6H2,1H3. The second-order valence-electron chi connectivity index (χ2n) is 4.21. The van der Waals surface area contributed by atoms with E-state index in [0.29, 0.717) is 6.42 Å². The first-order chi connectivity index (χ1) is 5.87. The normalized spacial score (nSPS) is 33.5. The van der Waals surface area contributed by atoms with E-state index >= 15 is 0 Å². The predicted octanol–water partition coefficient (Wildman–Crippen LogP) is 2.74. The van der Waals surface area contributed by atoms with E-state index in [1.807, 2.05) is 6.92 Å². The fourth-order valence-corrected chi connectivity index (χ4v) is 1.79. The van der Waals surface area contributed by atoms with E-state index in [4.69, 9.17) is 5.11 Å². The van der Waals surface area contributed by atoms with E-state index in [-0.39, 0.29) is 24.4 Å². The molecule has 0 spiro atoms. The molecule has 1 N–H and O–H groups in total. The maximum absolute atomic E-state index is 11.8. The highest BCUT2D eigenvalue weighted by Gasteiger charge is 2.48. The van der Waals surface area contributed by atoms with Gasteiger partial charge in [0, 0.05) is 13.0 Å². The van der Waals surface area contributed by atoms with Gasteiger partial charge in [0.2, 0.25) is 0 Å². The summed E-state index contributed by atoms with van der Waals surface area (Å²) < 4.78 is 35.3. The molecule has 0 aromatic heterocycles. The van der Waals surface area contributed by atoms with Crippen LogP contribution in [-0.2, 0) is 0 Å². The summed E-state index contributed by atoms with van der Waals surface area (Å²) in [7, 11) is 0. The third-order valence-electron chi connectivity index (χ3n) is 2.97. The van der Waals surface area contributed by atoms with Gasteiger partial charge < -0.3 is 5.11 Å². The number of aliphatic hydroxyl groups excluding tert-OH is 1. The van der Waals surface area contributed by atoms with Gasteiger partial charge in [-0.1, -0.05) is 6.92 Å². The average molecular weight is 196 g/mol. The van der Waals surface area contributed by atoms with Crippen molar-refractivity contribution in [3.8, 4) is 0 Å². The molecule has 1 aliphatic rings. The number of rotatable bonds is 4. The van der Waals surface area contributed by atoms with Crippen LogP contribution in [0.3, 0.4) is 0 Å². The van der Waals surface area contributed by atoms with Crippen molar-refractivity contribution in [1.29, 1.82) is 0 Å². The molecule has 13 heavy (non-hydrogen) atoms. The average Bonchev–Trinajstić information content (AvgIpc) is 2.59. The maximum atomic E-state index is 11.8. The predicted molar refractivity (Wildman–Crippen MR) is 43.2 cm³/mol. The Labute approximate surface area is 75.9 Å². The lowest BCUT2D eigenvalue weighted by atomic mass is 9.98. The SMILES string of the molecule is CC1(CCCC(F)(F)F)CC1CO. The molecule has 0 saturated heterocycles. The zero-order valence-corrected chi connectivity index (χ0v) is 7.69. The fourth-order valence-electron chi connectivity index (χ4n) is 1.79. The minimum atomic E-state index is -4.03. The zero-order valence-electron chi connectivity index (χ0n) is 7.69. The lowest BCUT2D eigenvalue weighted by Gasteiger charge is -2.11. The van der Waals surface area contributed by atoms with Gasteiger partial charge in [-0.15, -0.1) is 0 Å². The topological polar surface area (TPSA) is 20.2 Å². The summed E-state index contributed by atoms with van der Waals surface area (Å²) in [5, 5.41) is 8.78. The van der Waals surface area contributed by atoms with Gasteiger partial charge in [-0.05, 0) is 30.6 Å². The molecular formula is C9H15F3O. The monoisotopic (exact) mass is 196 g/mol. The van der Waals surface area contributed by atoms with Gasteiger partial charge in [0.1, 0.15) is 0 Å². The van der Waals surface area contributed by atoms with E-state index < -0.39 is 12.6 Å². The Morgan fingerprint density at radius 2 is 2.08 bits per heavy atom. The highest BCUT2D eigenvalue weighted by Crippen LogP contribution is 2.55. The summed E-state index contributed by atoms with van der Waals surface area (Å²) in [5.41, 5.74) is -0.0139. The van der Waals surface area contributed by atoms with Gasteiger partial charge in [-0.25, -0.2) is 0 Å². The summed E-state index contributed by atoms with van der Waals surface area (Å²) in [6.45, 7) is 2.06. The molecular weight excluding hydrogens is 181 g/mol. The lowest BCUT2D eigenvalue weighted by Crippen LogP contribution is -2.09. The molecule has 0 bridgehead atoms. The van der Waals surface area contributed by atoms with Crippen LogP contribution in [0.4, 0.5) is 13.2 Å². The van der Waals surface area contributed by atoms with Crippen molar-refractivity contribution in [1.82, 2.24) is 0 Å². The van der Waals surface area contributed by atoms with Crippen molar-refractivity contribution < 1.29 is 18.3 Å². The largest absolute Gasteiger partial charge is 0.396 e. The molecule has 0 aromatic carbocycles. The molecule has 0 aliphatic heterocycles. The highest BCUT2D eigenvalue weighted by atomic mass is 19.4. The molecule has 0 heterocycles. The number of hydrogen-bond acceptors (Lipinski definition) is 1. The van der Waals surface area contributed by atoms with Gasteiger partial charge in [-0.3, -0.25) is 0 Å². The lowest BCUT2D eigenvalue weighted by molar-refractivity contribution is -0.136.